The molecule has 20 heavy (non-hydrogen) atoms. The molecule has 3 heteroatoms. The number of hydrogen-bond donors (Lipinski definition) is 1. The Morgan fingerprint density at radius 1 is 1.25 bits per heavy atom. The third kappa shape index (κ3) is 3.90. The Morgan fingerprint density at radius 3 is 2.75 bits per heavy atom. The van der Waals surface area contributed by atoms with Crippen LogP contribution in [-0.2, 0) is 12.8 Å². The van der Waals surface area contributed by atoms with Crippen molar-refractivity contribution in [3.05, 3.63) is 51.5 Å². The lowest BCUT2D eigenvalue weighted by atomic mass is 10.0. The van der Waals surface area contributed by atoms with Gasteiger partial charge in [-0.05, 0) is 54.9 Å². The fraction of sp³-hybridized carbons (Fsp3) is 0.471. The molecule has 0 bridgehead atoms. The van der Waals surface area contributed by atoms with Crippen LogP contribution in [-0.4, -0.2) is 11.5 Å². The molecule has 1 N–H and O–H groups in total. The van der Waals surface area contributed by atoms with Crippen molar-refractivity contribution < 1.29 is 0 Å². The molecule has 0 fully saturated rings. The minimum atomic E-state index is 0.389. The molecular formula is C17H24N2S. The number of nitrogens with zero attached hydrogens (tertiary/aromatic N) is 1. The van der Waals surface area contributed by atoms with Crippen LogP contribution in [0.4, 0.5) is 0 Å². The highest BCUT2D eigenvalue weighted by molar-refractivity contribution is 7.10. The van der Waals surface area contributed by atoms with E-state index in [1.807, 2.05) is 17.5 Å². The van der Waals surface area contributed by atoms with Crippen LogP contribution in [0.5, 0.6) is 0 Å². The van der Waals surface area contributed by atoms with E-state index in [1.165, 1.54) is 21.7 Å². The molecule has 0 radical (unpaired) electrons. The van der Waals surface area contributed by atoms with Crippen molar-refractivity contribution in [3.8, 4) is 0 Å². The van der Waals surface area contributed by atoms with E-state index < -0.39 is 0 Å². The van der Waals surface area contributed by atoms with Gasteiger partial charge in [-0.15, -0.1) is 11.3 Å². The zero-order valence-corrected chi connectivity index (χ0v) is 13.5. The fourth-order valence-electron chi connectivity index (χ4n) is 2.35. The molecule has 0 spiro atoms. The molecule has 0 aromatic carbocycles. The van der Waals surface area contributed by atoms with E-state index in [0.29, 0.717) is 6.04 Å². The Bertz CT molecular complexity index is 516. The van der Waals surface area contributed by atoms with Crippen molar-refractivity contribution in [2.45, 2.75) is 46.1 Å². The van der Waals surface area contributed by atoms with Crippen LogP contribution in [0.3, 0.4) is 0 Å². The van der Waals surface area contributed by atoms with Crippen LogP contribution in [0, 0.1) is 6.92 Å². The van der Waals surface area contributed by atoms with Gasteiger partial charge in [0.2, 0.25) is 0 Å². The van der Waals surface area contributed by atoms with Crippen LogP contribution in [0.25, 0.3) is 0 Å². The first-order valence-corrected chi connectivity index (χ1v) is 8.33. The van der Waals surface area contributed by atoms with Gasteiger partial charge in [0.05, 0.1) is 0 Å². The Hall–Kier alpha value is -1.19. The number of rotatable bonds is 7. The maximum absolute atomic E-state index is 4.56. The number of nitrogens with one attached hydrogen (secondary N) is 1. The fourth-order valence-corrected chi connectivity index (χ4v) is 3.42. The zero-order valence-electron chi connectivity index (χ0n) is 12.6. The highest BCUT2D eigenvalue weighted by Crippen LogP contribution is 2.27. The maximum Gasteiger partial charge on any atom is 0.0473 e. The number of pyridine rings is 1. The lowest BCUT2D eigenvalue weighted by Crippen LogP contribution is -2.24. The van der Waals surface area contributed by atoms with Crippen molar-refractivity contribution in [1.29, 1.82) is 0 Å². The first-order chi connectivity index (χ1) is 9.74. The highest BCUT2D eigenvalue weighted by Gasteiger charge is 2.16. The van der Waals surface area contributed by atoms with E-state index in [-0.39, 0.29) is 0 Å². The summed E-state index contributed by atoms with van der Waals surface area (Å²) < 4.78 is 0. The van der Waals surface area contributed by atoms with Crippen molar-refractivity contribution >= 4 is 11.3 Å². The van der Waals surface area contributed by atoms with Crippen LogP contribution < -0.4 is 5.32 Å². The Labute approximate surface area is 126 Å². The van der Waals surface area contributed by atoms with Gasteiger partial charge in [-0.2, -0.15) is 0 Å². The second-order valence-electron chi connectivity index (χ2n) is 5.20. The normalized spacial score (nSPS) is 12.6. The molecule has 0 aliphatic heterocycles. The van der Waals surface area contributed by atoms with E-state index >= 15 is 0 Å². The molecule has 0 saturated heterocycles. The van der Waals surface area contributed by atoms with Gasteiger partial charge in [-0.25, -0.2) is 0 Å². The predicted molar refractivity (Wildman–Crippen MR) is 87.4 cm³/mol. The summed E-state index contributed by atoms with van der Waals surface area (Å²) in [5, 5.41) is 5.89. The molecule has 108 valence electrons. The number of aromatic nitrogens is 1. The Morgan fingerprint density at radius 2 is 2.10 bits per heavy atom. The second kappa shape index (κ2) is 7.55. The van der Waals surface area contributed by atoms with Gasteiger partial charge in [-0.1, -0.05) is 19.9 Å². The summed E-state index contributed by atoms with van der Waals surface area (Å²) in [5.41, 5.74) is 3.85. The van der Waals surface area contributed by atoms with Gasteiger partial charge >= 0.3 is 0 Å². The van der Waals surface area contributed by atoms with E-state index in [0.717, 1.165) is 25.8 Å². The number of thiophene rings is 1. The Kier molecular flexibility index (Phi) is 5.74. The van der Waals surface area contributed by atoms with E-state index in [1.54, 1.807) is 0 Å². The van der Waals surface area contributed by atoms with Crippen molar-refractivity contribution in [2.75, 3.05) is 6.54 Å². The van der Waals surface area contributed by atoms with E-state index in [9.17, 15) is 0 Å². The summed E-state index contributed by atoms with van der Waals surface area (Å²) in [4.78, 5) is 6.03. The lowest BCUT2D eigenvalue weighted by molar-refractivity contribution is 0.529. The van der Waals surface area contributed by atoms with Gasteiger partial charge < -0.3 is 5.32 Å². The SMILES string of the molecule is CCCNC(Cc1ccc(C)cn1)c1sccc1CC. The largest absolute Gasteiger partial charge is 0.309 e. The van der Waals surface area contributed by atoms with Gasteiger partial charge in [-0.3, -0.25) is 4.98 Å². The van der Waals surface area contributed by atoms with Crippen molar-refractivity contribution in [3.63, 3.8) is 0 Å². The number of hydrogen-bond acceptors (Lipinski definition) is 3. The van der Waals surface area contributed by atoms with Crippen molar-refractivity contribution in [1.82, 2.24) is 10.3 Å². The molecule has 2 heterocycles. The van der Waals surface area contributed by atoms with Gasteiger partial charge in [0.1, 0.15) is 0 Å². The minimum Gasteiger partial charge on any atom is -0.309 e. The second-order valence-corrected chi connectivity index (χ2v) is 6.15. The standard InChI is InChI=1S/C17H24N2S/c1-4-9-18-16(17-14(5-2)8-10-20-17)11-15-7-6-13(3)12-19-15/h6-8,10,12,16,18H,4-5,9,11H2,1-3H3. The van der Waals surface area contributed by atoms with Gasteiger partial charge in [0.15, 0.2) is 0 Å². The molecule has 1 atom stereocenters. The third-order valence-electron chi connectivity index (χ3n) is 3.50. The van der Waals surface area contributed by atoms with Crippen LogP contribution in [0.2, 0.25) is 0 Å². The summed E-state index contributed by atoms with van der Waals surface area (Å²) in [5.74, 6) is 0. The summed E-state index contributed by atoms with van der Waals surface area (Å²) in [6.45, 7) is 7.57. The summed E-state index contributed by atoms with van der Waals surface area (Å²) in [6, 6.07) is 6.94. The first kappa shape index (κ1) is 15.2. The van der Waals surface area contributed by atoms with E-state index in [2.05, 4.69) is 54.7 Å². The molecule has 2 rings (SSSR count). The number of aryl methyl sites for hydroxylation is 2. The average molecular weight is 288 g/mol. The lowest BCUT2D eigenvalue weighted by Gasteiger charge is -2.18. The van der Waals surface area contributed by atoms with Crippen LogP contribution >= 0.6 is 11.3 Å². The van der Waals surface area contributed by atoms with E-state index in [4.69, 9.17) is 0 Å². The first-order valence-electron chi connectivity index (χ1n) is 7.45. The molecular weight excluding hydrogens is 264 g/mol. The molecule has 2 aromatic heterocycles. The molecule has 0 amide bonds. The van der Waals surface area contributed by atoms with Gasteiger partial charge in [0.25, 0.3) is 0 Å². The quantitative estimate of drug-likeness (QED) is 0.821. The summed E-state index contributed by atoms with van der Waals surface area (Å²) in [7, 11) is 0. The minimum absolute atomic E-state index is 0.389. The summed E-state index contributed by atoms with van der Waals surface area (Å²) >= 11 is 1.86. The molecule has 1 unspecified atom stereocenters. The maximum atomic E-state index is 4.56. The molecule has 0 aliphatic rings. The zero-order chi connectivity index (χ0) is 14.4. The monoisotopic (exact) mass is 288 g/mol. The topological polar surface area (TPSA) is 24.9 Å². The smallest absolute Gasteiger partial charge is 0.0473 e. The van der Waals surface area contributed by atoms with Crippen molar-refractivity contribution in [2.24, 2.45) is 0 Å². The summed E-state index contributed by atoms with van der Waals surface area (Å²) in [6.07, 6.45) is 5.18. The molecule has 0 saturated carbocycles. The highest BCUT2D eigenvalue weighted by atomic mass is 32.1. The van der Waals surface area contributed by atoms with Crippen LogP contribution in [0.15, 0.2) is 29.8 Å². The molecule has 2 aromatic rings. The average Bonchev–Trinajstić information content (AvgIpc) is 2.94. The third-order valence-corrected chi connectivity index (χ3v) is 4.58. The van der Waals surface area contributed by atoms with Gasteiger partial charge in [0, 0.05) is 29.2 Å². The molecule has 2 nitrogen and oxygen atoms in total. The van der Waals surface area contributed by atoms with Crippen LogP contribution in [0.1, 0.15) is 48.0 Å². The predicted octanol–water partition coefficient (Wildman–Crippen LogP) is 4.30. The molecule has 0 aliphatic carbocycles. The Balaban J connectivity index is 2.17.